The zero-order chi connectivity index (χ0) is 12.0. The SMILES string of the molecule is SCc1c2c(nc3c(Cl)c(Cl)ccc13)CCC2. The molecule has 0 radical (unpaired) electrons. The molecule has 0 atom stereocenters. The van der Waals surface area contributed by atoms with Gasteiger partial charge in [0.15, 0.2) is 0 Å². The van der Waals surface area contributed by atoms with Crippen LogP contribution in [0, 0.1) is 0 Å². The van der Waals surface area contributed by atoms with Crippen LogP contribution in [0.25, 0.3) is 10.9 Å². The third-order valence-electron chi connectivity index (χ3n) is 3.35. The molecule has 0 saturated heterocycles. The van der Waals surface area contributed by atoms with E-state index in [4.69, 9.17) is 23.2 Å². The fourth-order valence-electron chi connectivity index (χ4n) is 2.55. The van der Waals surface area contributed by atoms with Gasteiger partial charge in [0.1, 0.15) is 0 Å². The van der Waals surface area contributed by atoms with Crippen molar-refractivity contribution in [2.75, 3.05) is 0 Å². The topological polar surface area (TPSA) is 12.9 Å². The van der Waals surface area contributed by atoms with Gasteiger partial charge in [-0.1, -0.05) is 29.3 Å². The van der Waals surface area contributed by atoms with Crippen LogP contribution in [0.3, 0.4) is 0 Å². The van der Waals surface area contributed by atoms with Crippen LogP contribution >= 0.6 is 35.8 Å². The Bertz CT molecular complexity index is 610. The first-order chi connectivity index (χ1) is 8.22. The molecule has 1 aromatic heterocycles. The van der Waals surface area contributed by atoms with Gasteiger partial charge < -0.3 is 0 Å². The summed E-state index contributed by atoms with van der Waals surface area (Å²) in [4.78, 5) is 4.67. The molecule has 1 aliphatic rings. The second kappa shape index (κ2) is 4.34. The van der Waals surface area contributed by atoms with Crippen LogP contribution in [0.5, 0.6) is 0 Å². The van der Waals surface area contributed by atoms with Crippen molar-refractivity contribution in [1.29, 1.82) is 0 Å². The number of benzene rings is 1. The van der Waals surface area contributed by atoms with Gasteiger partial charge in [-0.05, 0) is 36.5 Å². The molecule has 3 rings (SSSR count). The molecule has 0 aliphatic heterocycles. The number of hydrogen-bond donors (Lipinski definition) is 1. The summed E-state index contributed by atoms with van der Waals surface area (Å²) in [5, 5.41) is 2.21. The molecule has 2 aromatic rings. The van der Waals surface area contributed by atoms with Crippen molar-refractivity contribution in [2.45, 2.75) is 25.0 Å². The molecule has 17 heavy (non-hydrogen) atoms. The Morgan fingerprint density at radius 2 is 2.06 bits per heavy atom. The normalized spacial score (nSPS) is 14.3. The van der Waals surface area contributed by atoms with Gasteiger partial charge in [0.25, 0.3) is 0 Å². The summed E-state index contributed by atoms with van der Waals surface area (Å²) in [5.74, 6) is 0.722. The monoisotopic (exact) mass is 283 g/mol. The molecule has 0 spiro atoms. The summed E-state index contributed by atoms with van der Waals surface area (Å²) in [6.45, 7) is 0. The van der Waals surface area contributed by atoms with Crippen molar-refractivity contribution in [3.8, 4) is 0 Å². The number of nitrogens with zero attached hydrogens (tertiary/aromatic N) is 1. The summed E-state index contributed by atoms with van der Waals surface area (Å²) < 4.78 is 0. The van der Waals surface area contributed by atoms with Crippen LogP contribution in [0.4, 0.5) is 0 Å². The van der Waals surface area contributed by atoms with E-state index in [1.807, 2.05) is 12.1 Å². The number of rotatable bonds is 1. The molecule has 0 unspecified atom stereocenters. The molecule has 0 bridgehead atoms. The Hall–Kier alpha value is -0.440. The van der Waals surface area contributed by atoms with Crippen molar-refractivity contribution >= 4 is 46.7 Å². The number of hydrogen-bond acceptors (Lipinski definition) is 2. The molecule has 1 aliphatic carbocycles. The second-order valence-corrected chi connectivity index (χ2v) is 5.39. The van der Waals surface area contributed by atoms with Crippen LogP contribution in [0.1, 0.15) is 23.2 Å². The van der Waals surface area contributed by atoms with Crippen LogP contribution in [0.2, 0.25) is 10.0 Å². The van der Waals surface area contributed by atoms with E-state index >= 15 is 0 Å². The van der Waals surface area contributed by atoms with Gasteiger partial charge in [0.05, 0.1) is 15.6 Å². The zero-order valence-corrected chi connectivity index (χ0v) is 11.5. The minimum Gasteiger partial charge on any atom is -0.251 e. The number of aromatic nitrogens is 1. The Labute approximate surface area is 116 Å². The lowest BCUT2D eigenvalue weighted by Crippen LogP contribution is -1.97. The van der Waals surface area contributed by atoms with Crippen LogP contribution in [0.15, 0.2) is 12.1 Å². The highest BCUT2D eigenvalue weighted by Crippen LogP contribution is 2.36. The fourth-order valence-corrected chi connectivity index (χ4v) is 3.27. The van der Waals surface area contributed by atoms with Crippen molar-refractivity contribution < 1.29 is 0 Å². The molecule has 1 aromatic carbocycles. The largest absolute Gasteiger partial charge is 0.251 e. The lowest BCUT2D eigenvalue weighted by molar-refractivity contribution is 0.900. The highest BCUT2D eigenvalue weighted by Gasteiger charge is 2.20. The Kier molecular flexibility index (Phi) is 2.97. The van der Waals surface area contributed by atoms with Gasteiger partial charge in [0, 0.05) is 16.8 Å². The third-order valence-corrected chi connectivity index (χ3v) is 4.46. The van der Waals surface area contributed by atoms with E-state index in [-0.39, 0.29) is 0 Å². The van der Waals surface area contributed by atoms with Gasteiger partial charge in [-0.25, -0.2) is 0 Å². The predicted molar refractivity (Wildman–Crippen MR) is 76.5 cm³/mol. The van der Waals surface area contributed by atoms with E-state index in [2.05, 4.69) is 17.6 Å². The number of pyridine rings is 1. The average molecular weight is 284 g/mol. The predicted octanol–water partition coefficient (Wildman–Crippen LogP) is 4.46. The first-order valence-corrected chi connectivity index (χ1v) is 7.00. The Morgan fingerprint density at radius 3 is 2.82 bits per heavy atom. The first-order valence-electron chi connectivity index (χ1n) is 5.61. The molecular formula is C13H11Cl2NS. The van der Waals surface area contributed by atoms with Crippen LogP contribution < -0.4 is 0 Å². The average Bonchev–Trinajstić information content (AvgIpc) is 2.79. The number of thiol groups is 1. The summed E-state index contributed by atoms with van der Waals surface area (Å²) in [6.07, 6.45) is 3.31. The number of aryl methyl sites for hydroxylation is 1. The van der Waals surface area contributed by atoms with E-state index in [1.165, 1.54) is 23.2 Å². The molecule has 1 heterocycles. The minimum atomic E-state index is 0.557. The smallest absolute Gasteiger partial charge is 0.0909 e. The zero-order valence-electron chi connectivity index (χ0n) is 9.13. The lowest BCUT2D eigenvalue weighted by Gasteiger charge is -2.11. The van der Waals surface area contributed by atoms with Crippen LogP contribution in [-0.2, 0) is 18.6 Å². The molecule has 0 fully saturated rings. The summed E-state index contributed by atoms with van der Waals surface area (Å²) in [7, 11) is 0. The standard InChI is InChI=1S/C13H11Cl2NS/c14-10-5-4-8-9(6-17)7-2-1-3-11(7)16-13(8)12(10)15/h4-5,17H,1-3,6H2. The highest BCUT2D eigenvalue weighted by molar-refractivity contribution is 7.79. The fraction of sp³-hybridized carbons (Fsp3) is 0.308. The molecule has 0 saturated carbocycles. The van der Waals surface area contributed by atoms with Gasteiger partial charge in [-0.2, -0.15) is 12.6 Å². The van der Waals surface area contributed by atoms with E-state index in [1.54, 1.807) is 0 Å². The minimum absolute atomic E-state index is 0.557. The molecule has 88 valence electrons. The van der Waals surface area contributed by atoms with Crippen LogP contribution in [-0.4, -0.2) is 4.98 Å². The molecule has 0 N–H and O–H groups in total. The maximum atomic E-state index is 6.24. The molecule has 0 amide bonds. The quantitative estimate of drug-likeness (QED) is 0.763. The highest BCUT2D eigenvalue weighted by atomic mass is 35.5. The third kappa shape index (κ3) is 1.74. The second-order valence-electron chi connectivity index (χ2n) is 4.28. The van der Waals surface area contributed by atoms with Crippen molar-refractivity contribution in [1.82, 2.24) is 4.98 Å². The Morgan fingerprint density at radius 1 is 1.24 bits per heavy atom. The van der Waals surface area contributed by atoms with E-state index in [0.717, 1.165) is 29.5 Å². The lowest BCUT2D eigenvalue weighted by atomic mass is 10.0. The summed E-state index contributed by atoms with van der Waals surface area (Å²) >= 11 is 16.7. The van der Waals surface area contributed by atoms with Gasteiger partial charge in [-0.3, -0.25) is 4.98 Å². The summed E-state index contributed by atoms with van der Waals surface area (Å²) in [5.41, 5.74) is 4.63. The van der Waals surface area contributed by atoms with Gasteiger partial charge in [-0.15, -0.1) is 0 Å². The number of fused-ring (bicyclic) bond motifs is 2. The van der Waals surface area contributed by atoms with E-state index < -0.39 is 0 Å². The van der Waals surface area contributed by atoms with Crippen molar-refractivity contribution in [2.24, 2.45) is 0 Å². The summed E-state index contributed by atoms with van der Waals surface area (Å²) in [6, 6.07) is 3.84. The number of halogens is 2. The maximum absolute atomic E-state index is 6.24. The maximum Gasteiger partial charge on any atom is 0.0909 e. The van der Waals surface area contributed by atoms with Gasteiger partial charge in [0.2, 0.25) is 0 Å². The van der Waals surface area contributed by atoms with E-state index in [0.29, 0.717) is 10.0 Å². The Balaban J connectivity index is 2.44. The van der Waals surface area contributed by atoms with E-state index in [9.17, 15) is 0 Å². The van der Waals surface area contributed by atoms with Gasteiger partial charge >= 0.3 is 0 Å². The first kappa shape index (κ1) is 11.6. The molecule has 4 heteroatoms. The molecule has 1 nitrogen and oxygen atoms in total. The van der Waals surface area contributed by atoms with Crippen molar-refractivity contribution in [3.63, 3.8) is 0 Å². The molecular weight excluding hydrogens is 273 g/mol. The van der Waals surface area contributed by atoms with Crippen molar-refractivity contribution in [3.05, 3.63) is 39.0 Å².